The number of nitrogens with zero attached hydrogens (tertiary/aromatic N) is 3. The molecule has 0 atom stereocenters. The van der Waals surface area contributed by atoms with Crippen molar-refractivity contribution >= 4 is 23.5 Å². The summed E-state index contributed by atoms with van der Waals surface area (Å²) in [5, 5.41) is 3.45. The highest BCUT2D eigenvalue weighted by Gasteiger charge is 2.20. The van der Waals surface area contributed by atoms with E-state index in [4.69, 9.17) is 9.97 Å². The number of nitrogens with one attached hydrogen (secondary N) is 1. The van der Waals surface area contributed by atoms with Gasteiger partial charge in [-0.2, -0.15) is 16.7 Å². The number of aromatic nitrogens is 2. The third kappa shape index (κ3) is 2.71. The molecule has 1 N–H and O–H groups in total. The third-order valence-electron chi connectivity index (χ3n) is 3.15. The summed E-state index contributed by atoms with van der Waals surface area (Å²) in [5.41, 5.74) is 2.53. The van der Waals surface area contributed by atoms with Gasteiger partial charge in [0.05, 0.1) is 5.69 Å². The van der Waals surface area contributed by atoms with E-state index in [0.29, 0.717) is 0 Å². The molecule has 2 heterocycles. The Hall–Kier alpha value is -0.970. The van der Waals surface area contributed by atoms with Gasteiger partial charge in [-0.3, -0.25) is 0 Å². The first-order chi connectivity index (χ1) is 8.80. The van der Waals surface area contributed by atoms with E-state index in [1.807, 2.05) is 11.8 Å². The summed E-state index contributed by atoms with van der Waals surface area (Å²) in [4.78, 5) is 11.6. The second-order valence-corrected chi connectivity index (χ2v) is 5.37. The lowest BCUT2D eigenvalue weighted by Gasteiger charge is -2.20. The lowest BCUT2D eigenvalue weighted by Crippen LogP contribution is -2.25. The highest BCUT2D eigenvalue weighted by atomic mass is 32.2. The van der Waals surface area contributed by atoms with Gasteiger partial charge >= 0.3 is 0 Å². The van der Waals surface area contributed by atoms with Gasteiger partial charge in [0.15, 0.2) is 0 Å². The molecule has 0 unspecified atom stereocenters. The Labute approximate surface area is 114 Å². The third-order valence-corrected chi connectivity index (χ3v) is 4.13. The van der Waals surface area contributed by atoms with Gasteiger partial charge < -0.3 is 10.2 Å². The minimum Gasteiger partial charge on any atom is -0.370 e. The van der Waals surface area contributed by atoms with Crippen LogP contribution in [0.4, 0.5) is 11.8 Å². The van der Waals surface area contributed by atoms with E-state index in [2.05, 4.69) is 31.0 Å². The zero-order chi connectivity index (χ0) is 13.0. The van der Waals surface area contributed by atoms with E-state index in [1.165, 1.54) is 11.3 Å². The molecule has 5 heteroatoms. The molecule has 1 aliphatic rings. The summed E-state index contributed by atoms with van der Waals surface area (Å²) >= 11 is 1.93. The molecule has 2 rings (SSSR count). The van der Waals surface area contributed by atoms with Crippen LogP contribution in [0.5, 0.6) is 0 Å². The van der Waals surface area contributed by atoms with Crippen LogP contribution < -0.4 is 10.2 Å². The van der Waals surface area contributed by atoms with Gasteiger partial charge in [-0.25, -0.2) is 4.98 Å². The summed E-state index contributed by atoms with van der Waals surface area (Å²) in [6.45, 7) is 9.35. The Balaban J connectivity index is 2.32. The van der Waals surface area contributed by atoms with Gasteiger partial charge in [-0.05, 0) is 20.3 Å². The van der Waals surface area contributed by atoms with Crippen molar-refractivity contribution in [3.8, 4) is 0 Å². The molecule has 0 amide bonds. The molecule has 0 bridgehead atoms. The fourth-order valence-corrected chi connectivity index (χ4v) is 3.12. The van der Waals surface area contributed by atoms with Crippen LogP contribution in [0.15, 0.2) is 0 Å². The maximum absolute atomic E-state index is 4.72. The van der Waals surface area contributed by atoms with Gasteiger partial charge in [-0.1, -0.05) is 6.92 Å². The van der Waals surface area contributed by atoms with Crippen molar-refractivity contribution < 1.29 is 0 Å². The Morgan fingerprint density at radius 2 is 1.94 bits per heavy atom. The number of fused-ring (bicyclic) bond motifs is 1. The van der Waals surface area contributed by atoms with Crippen molar-refractivity contribution in [3.05, 3.63) is 11.3 Å². The first kappa shape index (κ1) is 13.5. The molecule has 0 aromatic carbocycles. The van der Waals surface area contributed by atoms with E-state index in [9.17, 15) is 0 Å². The topological polar surface area (TPSA) is 41.1 Å². The second kappa shape index (κ2) is 6.27. The van der Waals surface area contributed by atoms with E-state index in [1.54, 1.807) is 0 Å². The number of hydrogen-bond donors (Lipinski definition) is 1. The van der Waals surface area contributed by atoms with Gasteiger partial charge in [0.1, 0.15) is 5.82 Å². The highest BCUT2D eigenvalue weighted by molar-refractivity contribution is 7.98. The summed E-state index contributed by atoms with van der Waals surface area (Å²) in [6.07, 6.45) is 1.12. The normalized spacial score (nSPS) is 13.5. The van der Waals surface area contributed by atoms with Crippen molar-refractivity contribution in [2.45, 2.75) is 38.7 Å². The van der Waals surface area contributed by atoms with Crippen LogP contribution in [-0.2, 0) is 11.5 Å². The van der Waals surface area contributed by atoms with Crippen LogP contribution in [-0.4, -0.2) is 29.6 Å². The maximum Gasteiger partial charge on any atom is 0.227 e. The Morgan fingerprint density at radius 1 is 1.17 bits per heavy atom. The molecule has 1 aromatic rings. The second-order valence-electron chi connectivity index (χ2n) is 4.39. The van der Waals surface area contributed by atoms with Crippen molar-refractivity contribution in [3.63, 3.8) is 0 Å². The van der Waals surface area contributed by atoms with Crippen LogP contribution in [0, 0.1) is 0 Å². The lowest BCUT2D eigenvalue weighted by atomic mass is 10.2. The van der Waals surface area contributed by atoms with Crippen molar-refractivity contribution in [1.29, 1.82) is 0 Å². The zero-order valence-electron chi connectivity index (χ0n) is 11.5. The van der Waals surface area contributed by atoms with E-state index < -0.39 is 0 Å². The largest absolute Gasteiger partial charge is 0.370 e. The minimum absolute atomic E-state index is 0.875. The molecule has 4 nitrogen and oxygen atoms in total. The summed E-state index contributed by atoms with van der Waals surface area (Å²) in [6, 6.07) is 0. The Bertz CT molecular complexity index is 404. The number of anilines is 2. The van der Waals surface area contributed by atoms with Gasteiger partial charge in [-0.15, -0.1) is 0 Å². The molecule has 0 saturated carbocycles. The van der Waals surface area contributed by atoms with Gasteiger partial charge in [0.25, 0.3) is 0 Å². The maximum atomic E-state index is 4.72. The molecule has 0 fully saturated rings. The minimum atomic E-state index is 0.875. The van der Waals surface area contributed by atoms with E-state index in [-0.39, 0.29) is 0 Å². The number of hydrogen-bond acceptors (Lipinski definition) is 5. The highest BCUT2D eigenvalue weighted by Crippen LogP contribution is 2.34. The van der Waals surface area contributed by atoms with Gasteiger partial charge in [0.2, 0.25) is 5.95 Å². The summed E-state index contributed by atoms with van der Waals surface area (Å²) in [5.74, 6) is 3.99. The quantitative estimate of drug-likeness (QED) is 0.857. The van der Waals surface area contributed by atoms with Crippen LogP contribution in [0.25, 0.3) is 0 Å². The summed E-state index contributed by atoms with van der Waals surface area (Å²) in [7, 11) is 0. The number of rotatable bonds is 6. The lowest BCUT2D eigenvalue weighted by molar-refractivity contribution is 0.812. The van der Waals surface area contributed by atoms with Crippen molar-refractivity contribution in [1.82, 2.24) is 9.97 Å². The summed E-state index contributed by atoms with van der Waals surface area (Å²) < 4.78 is 0. The molecule has 0 aliphatic carbocycles. The van der Waals surface area contributed by atoms with Crippen molar-refractivity contribution in [2.24, 2.45) is 0 Å². The molecular formula is C13H22N4S. The van der Waals surface area contributed by atoms with E-state index in [0.717, 1.165) is 49.3 Å². The predicted octanol–water partition coefficient (Wildman–Crippen LogP) is 2.89. The average Bonchev–Trinajstić information content (AvgIpc) is 2.85. The van der Waals surface area contributed by atoms with Crippen LogP contribution in [0.1, 0.15) is 38.4 Å². The molecule has 0 radical (unpaired) electrons. The van der Waals surface area contributed by atoms with Crippen LogP contribution >= 0.6 is 11.8 Å². The first-order valence-corrected chi connectivity index (χ1v) is 7.91. The van der Waals surface area contributed by atoms with Crippen LogP contribution in [0.3, 0.4) is 0 Å². The molecule has 100 valence electrons. The molecule has 0 spiro atoms. The fourth-order valence-electron chi connectivity index (χ4n) is 2.08. The molecule has 1 aromatic heterocycles. The predicted molar refractivity (Wildman–Crippen MR) is 79.4 cm³/mol. The molecule has 18 heavy (non-hydrogen) atoms. The average molecular weight is 266 g/mol. The fraction of sp³-hybridized carbons (Fsp3) is 0.692. The van der Waals surface area contributed by atoms with Crippen molar-refractivity contribution in [2.75, 3.05) is 29.9 Å². The zero-order valence-corrected chi connectivity index (χ0v) is 12.3. The monoisotopic (exact) mass is 266 g/mol. The standard InChI is InChI=1S/C13H22N4S/c1-4-7-14-12-10-8-18-9-11(10)15-13(16-12)17(5-2)6-3/h4-9H2,1-3H3,(H,14,15,16). The first-order valence-electron chi connectivity index (χ1n) is 6.76. The SMILES string of the molecule is CCCNc1nc(N(CC)CC)nc2c1CSC2. The number of thioether (sulfide) groups is 1. The van der Waals surface area contributed by atoms with Crippen LogP contribution in [0.2, 0.25) is 0 Å². The Kier molecular flexibility index (Phi) is 4.69. The molecular weight excluding hydrogens is 244 g/mol. The molecule has 1 aliphatic heterocycles. The smallest absolute Gasteiger partial charge is 0.227 e. The Morgan fingerprint density at radius 3 is 2.61 bits per heavy atom. The van der Waals surface area contributed by atoms with E-state index >= 15 is 0 Å². The van der Waals surface area contributed by atoms with Gasteiger partial charge in [0, 0.05) is 36.7 Å². The molecule has 0 saturated heterocycles.